The second kappa shape index (κ2) is 9.65. The number of hydrogen-bond acceptors (Lipinski definition) is 2. The first-order valence-corrected chi connectivity index (χ1v) is 8.39. The number of halogens is 3. The molecule has 0 amide bonds. The summed E-state index contributed by atoms with van der Waals surface area (Å²) in [4.78, 5) is 5.44. The standard InChI is InChI=1S/C18H29F3N4/c1-17(2,15-9-6-5-7-10-15)13-24-16(22-3)23-11-8-12-25(4)14-18(19,20)21/h5-7,9-10H,8,11-14H2,1-4H3,(H2,22,23,24). The molecule has 0 unspecified atom stereocenters. The van der Waals surface area contributed by atoms with Crippen molar-refractivity contribution in [1.29, 1.82) is 0 Å². The van der Waals surface area contributed by atoms with Gasteiger partial charge in [0.25, 0.3) is 0 Å². The van der Waals surface area contributed by atoms with Crippen LogP contribution in [0.4, 0.5) is 13.2 Å². The highest BCUT2D eigenvalue weighted by molar-refractivity contribution is 5.79. The van der Waals surface area contributed by atoms with Crippen LogP contribution in [0.5, 0.6) is 0 Å². The third-order valence-electron chi connectivity index (χ3n) is 3.93. The summed E-state index contributed by atoms with van der Waals surface area (Å²) in [7, 11) is 3.16. The van der Waals surface area contributed by atoms with Gasteiger partial charge in [0.1, 0.15) is 0 Å². The Morgan fingerprint density at radius 3 is 2.32 bits per heavy atom. The highest BCUT2D eigenvalue weighted by atomic mass is 19.4. The smallest absolute Gasteiger partial charge is 0.356 e. The molecule has 0 aliphatic heterocycles. The van der Waals surface area contributed by atoms with Gasteiger partial charge in [-0.2, -0.15) is 13.2 Å². The average molecular weight is 358 g/mol. The predicted octanol–water partition coefficient (Wildman–Crippen LogP) is 3.01. The van der Waals surface area contributed by atoms with Crippen LogP contribution in [-0.2, 0) is 5.41 Å². The van der Waals surface area contributed by atoms with Crippen LogP contribution in [0.25, 0.3) is 0 Å². The van der Waals surface area contributed by atoms with Crippen LogP contribution >= 0.6 is 0 Å². The Bertz CT molecular complexity index is 527. The van der Waals surface area contributed by atoms with E-state index >= 15 is 0 Å². The third kappa shape index (κ3) is 8.77. The number of rotatable bonds is 8. The molecule has 142 valence electrons. The van der Waals surface area contributed by atoms with Gasteiger partial charge in [-0.25, -0.2) is 0 Å². The van der Waals surface area contributed by atoms with Gasteiger partial charge in [-0.15, -0.1) is 0 Å². The van der Waals surface area contributed by atoms with E-state index in [4.69, 9.17) is 0 Å². The minimum atomic E-state index is -4.15. The fourth-order valence-electron chi connectivity index (χ4n) is 2.46. The number of alkyl halides is 3. The summed E-state index contributed by atoms with van der Waals surface area (Å²) >= 11 is 0. The van der Waals surface area contributed by atoms with Gasteiger partial charge in [0.15, 0.2) is 5.96 Å². The monoisotopic (exact) mass is 358 g/mol. The maximum Gasteiger partial charge on any atom is 0.401 e. The Hall–Kier alpha value is -1.76. The number of nitrogens with zero attached hydrogens (tertiary/aromatic N) is 2. The van der Waals surface area contributed by atoms with Gasteiger partial charge < -0.3 is 10.6 Å². The largest absolute Gasteiger partial charge is 0.401 e. The van der Waals surface area contributed by atoms with E-state index in [1.807, 2.05) is 18.2 Å². The molecule has 0 spiro atoms. The van der Waals surface area contributed by atoms with E-state index in [9.17, 15) is 13.2 Å². The maximum absolute atomic E-state index is 12.3. The highest BCUT2D eigenvalue weighted by Gasteiger charge is 2.28. The molecule has 0 fully saturated rings. The summed E-state index contributed by atoms with van der Waals surface area (Å²) in [5, 5.41) is 6.42. The molecular formula is C18H29F3N4. The summed E-state index contributed by atoms with van der Waals surface area (Å²) in [6.45, 7) is 5.05. The molecule has 0 aliphatic carbocycles. The molecule has 0 aliphatic rings. The fourth-order valence-corrected chi connectivity index (χ4v) is 2.46. The SMILES string of the molecule is CN=C(NCCCN(C)CC(F)(F)F)NCC(C)(C)c1ccccc1. The summed E-state index contributed by atoms with van der Waals surface area (Å²) in [6.07, 6.45) is -3.54. The fraction of sp³-hybridized carbons (Fsp3) is 0.611. The average Bonchev–Trinajstić information content (AvgIpc) is 2.53. The molecule has 1 aromatic carbocycles. The topological polar surface area (TPSA) is 39.7 Å². The van der Waals surface area contributed by atoms with Crippen molar-refractivity contribution in [2.24, 2.45) is 4.99 Å². The van der Waals surface area contributed by atoms with Crippen LogP contribution in [0.3, 0.4) is 0 Å². The van der Waals surface area contributed by atoms with E-state index < -0.39 is 12.7 Å². The van der Waals surface area contributed by atoms with Crippen molar-refractivity contribution >= 4 is 5.96 Å². The Labute approximate surface area is 148 Å². The van der Waals surface area contributed by atoms with Crippen LogP contribution in [0.1, 0.15) is 25.8 Å². The molecular weight excluding hydrogens is 329 g/mol. The highest BCUT2D eigenvalue weighted by Crippen LogP contribution is 2.21. The van der Waals surface area contributed by atoms with Crippen LogP contribution in [0, 0.1) is 0 Å². The molecule has 4 nitrogen and oxygen atoms in total. The third-order valence-corrected chi connectivity index (χ3v) is 3.93. The van der Waals surface area contributed by atoms with Crippen LogP contribution in [-0.4, -0.2) is 57.3 Å². The van der Waals surface area contributed by atoms with Gasteiger partial charge in [0.2, 0.25) is 0 Å². The van der Waals surface area contributed by atoms with E-state index in [2.05, 4.69) is 41.6 Å². The van der Waals surface area contributed by atoms with E-state index in [1.54, 1.807) is 7.05 Å². The lowest BCUT2D eigenvalue weighted by Gasteiger charge is -2.27. The van der Waals surface area contributed by atoms with Gasteiger partial charge in [-0.3, -0.25) is 9.89 Å². The number of nitrogens with one attached hydrogen (secondary N) is 2. The Morgan fingerprint density at radius 1 is 1.12 bits per heavy atom. The van der Waals surface area contributed by atoms with Crippen LogP contribution in [0.15, 0.2) is 35.3 Å². The summed E-state index contributed by atoms with van der Waals surface area (Å²) in [5.74, 6) is 0.655. The lowest BCUT2D eigenvalue weighted by molar-refractivity contribution is -0.143. The molecule has 0 aromatic heterocycles. The molecule has 0 saturated carbocycles. The van der Waals surface area contributed by atoms with Gasteiger partial charge >= 0.3 is 6.18 Å². The Morgan fingerprint density at radius 2 is 1.76 bits per heavy atom. The van der Waals surface area contributed by atoms with Crippen molar-refractivity contribution in [1.82, 2.24) is 15.5 Å². The number of aliphatic imine (C=N–C) groups is 1. The van der Waals surface area contributed by atoms with Crippen molar-refractivity contribution < 1.29 is 13.2 Å². The van der Waals surface area contributed by atoms with E-state index in [-0.39, 0.29) is 5.41 Å². The lowest BCUT2D eigenvalue weighted by Crippen LogP contribution is -2.44. The molecule has 25 heavy (non-hydrogen) atoms. The van der Waals surface area contributed by atoms with Crippen molar-refractivity contribution in [2.75, 3.05) is 40.3 Å². The zero-order valence-electron chi connectivity index (χ0n) is 15.5. The summed E-state index contributed by atoms with van der Waals surface area (Å²) in [5.41, 5.74) is 1.16. The molecule has 0 atom stereocenters. The minimum absolute atomic E-state index is 0.0637. The lowest BCUT2D eigenvalue weighted by atomic mass is 9.85. The van der Waals surface area contributed by atoms with Crippen molar-refractivity contribution in [3.63, 3.8) is 0 Å². The quantitative estimate of drug-likeness (QED) is 0.426. The van der Waals surface area contributed by atoms with Crippen molar-refractivity contribution in [2.45, 2.75) is 31.9 Å². The zero-order valence-corrected chi connectivity index (χ0v) is 15.5. The summed E-state index contributed by atoms with van der Waals surface area (Å²) < 4.78 is 36.8. The molecule has 1 rings (SSSR count). The second-order valence-corrected chi connectivity index (χ2v) is 6.81. The normalized spacial score (nSPS) is 13.2. The van der Waals surface area contributed by atoms with Gasteiger partial charge in [-0.1, -0.05) is 44.2 Å². The molecule has 1 aromatic rings. The van der Waals surface area contributed by atoms with Gasteiger partial charge in [0.05, 0.1) is 6.54 Å². The zero-order chi connectivity index (χ0) is 18.9. The number of benzene rings is 1. The molecule has 2 N–H and O–H groups in total. The van der Waals surface area contributed by atoms with Crippen molar-refractivity contribution in [3.8, 4) is 0 Å². The number of guanidine groups is 1. The van der Waals surface area contributed by atoms with Gasteiger partial charge in [-0.05, 0) is 25.6 Å². The molecule has 0 saturated heterocycles. The number of hydrogen-bond donors (Lipinski definition) is 2. The Balaban J connectivity index is 2.33. The second-order valence-electron chi connectivity index (χ2n) is 6.81. The minimum Gasteiger partial charge on any atom is -0.356 e. The predicted molar refractivity (Wildman–Crippen MR) is 97.0 cm³/mol. The molecule has 0 bridgehead atoms. The van der Waals surface area contributed by atoms with Crippen molar-refractivity contribution in [3.05, 3.63) is 35.9 Å². The Kier molecular flexibility index (Phi) is 8.22. The first-order chi connectivity index (χ1) is 11.6. The molecule has 7 heteroatoms. The molecule has 0 radical (unpaired) electrons. The van der Waals surface area contributed by atoms with E-state index in [1.165, 1.54) is 17.5 Å². The maximum atomic E-state index is 12.3. The summed E-state index contributed by atoms with van der Waals surface area (Å²) in [6, 6.07) is 10.2. The van der Waals surface area contributed by atoms with Crippen LogP contribution < -0.4 is 10.6 Å². The van der Waals surface area contributed by atoms with E-state index in [0.29, 0.717) is 32.0 Å². The molecule has 0 heterocycles. The first kappa shape index (κ1) is 21.3. The van der Waals surface area contributed by atoms with Crippen LogP contribution in [0.2, 0.25) is 0 Å². The van der Waals surface area contributed by atoms with E-state index in [0.717, 1.165) is 0 Å². The first-order valence-electron chi connectivity index (χ1n) is 8.39. The van der Waals surface area contributed by atoms with Gasteiger partial charge in [0, 0.05) is 25.6 Å².